The van der Waals surface area contributed by atoms with E-state index in [-0.39, 0.29) is 12.1 Å². The number of benzene rings is 1. The van der Waals surface area contributed by atoms with Crippen LogP contribution in [0.15, 0.2) is 178 Å². The van der Waals surface area contributed by atoms with Crippen molar-refractivity contribution in [1.82, 2.24) is 9.80 Å². The van der Waals surface area contributed by atoms with Crippen LogP contribution in [0.1, 0.15) is 97.3 Å². The Balaban J connectivity index is 1.18. The van der Waals surface area contributed by atoms with Gasteiger partial charge in [0.05, 0.1) is 0 Å². The van der Waals surface area contributed by atoms with Crippen LogP contribution in [0.5, 0.6) is 0 Å². The number of hydrogen-bond donors (Lipinski definition) is 0. The SMILES string of the molecule is CC(C)(C1=CCCC=C1)C1C=C2C3=C(C1)N(C1=CCCC=C1)C1CC(N(C4=CCCC=C4)C4=CC=CCC4)CC=C1B3c1ccccc1N2C1=CC=CCC1. The molecular formula is C51H56BN3. The van der Waals surface area contributed by atoms with Crippen molar-refractivity contribution in [2.24, 2.45) is 11.3 Å². The standard InChI is InChI=1S/C51H56BN3/c1-51(2,37-20-8-3-9-21-37)38-34-48-50-49(35-38)55(42-28-16-7-17-29-42)47-36-43(53(39-22-10-4-11-23-39)40-24-12-5-13-25-40)32-33-45(47)52(50)44-30-18-19-31-46(44)54(48)41-26-14-6-15-27-41/h4,6,8,10,12,14,16,18-22,24-26,28-31,33-34,38,43,47H,3,5,7,9,11,13,15,17,23,27,32,35-36H2,1-2H3. The van der Waals surface area contributed by atoms with Crippen LogP contribution in [0.25, 0.3) is 0 Å². The van der Waals surface area contributed by atoms with E-state index < -0.39 is 0 Å². The first-order valence-corrected chi connectivity index (χ1v) is 21.5. The molecule has 0 bridgehead atoms. The summed E-state index contributed by atoms with van der Waals surface area (Å²) in [5.74, 6) is 0.359. The van der Waals surface area contributed by atoms with E-state index in [0.29, 0.717) is 18.0 Å². The van der Waals surface area contributed by atoms with Crippen molar-refractivity contribution in [2.75, 3.05) is 4.90 Å². The van der Waals surface area contributed by atoms with Gasteiger partial charge >= 0.3 is 0 Å². The highest BCUT2D eigenvalue weighted by Crippen LogP contribution is 2.54. The summed E-state index contributed by atoms with van der Waals surface area (Å²) in [5, 5.41) is 0. The first-order chi connectivity index (χ1) is 27.1. The zero-order valence-electron chi connectivity index (χ0n) is 33.0. The first-order valence-electron chi connectivity index (χ1n) is 21.5. The molecule has 55 heavy (non-hydrogen) atoms. The van der Waals surface area contributed by atoms with Crippen LogP contribution < -0.4 is 10.4 Å². The second-order valence-electron chi connectivity index (χ2n) is 17.5. The number of fused-ring (bicyclic) bond motifs is 4. The van der Waals surface area contributed by atoms with Gasteiger partial charge < -0.3 is 14.7 Å². The lowest BCUT2D eigenvalue weighted by atomic mass is 9.29. The molecule has 1 aromatic carbocycles. The molecule has 0 N–H and O–H groups in total. The van der Waals surface area contributed by atoms with E-state index in [1.807, 2.05) is 0 Å². The van der Waals surface area contributed by atoms with Crippen molar-refractivity contribution in [1.29, 1.82) is 0 Å². The fourth-order valence-corrected chi connectivity index (χ4v) is 11.1. The maximum absolute atomic E-state index is 2.89. The van der Waals surface area contributed by atoms with Gasteiger partial charge in [0, 0.05) is 52.0 Å². The van der Waals surface area contributed by atoms with Gasteiger partial charge in [-0.2, -0.15) is 0 Å². The average Bonchev–Trinajstić information content (AvgIpc) is 3.25. The van der Waals surface area contributed by atoms with Crippen LogP contribution >= 0.6 is 0 Å². The van der Waals surface area contributed by atoms with Crippen LogP contribution in [0.2, 0.25) is 0 Å². The Morgan fingerprint density at radius 2 is 1.55 bits per heavy atom. The largest absolute Gasteiger partial charge is 0.342 e. The van der Waals surface area contributed by atoms with Gasteiger partial charge in [0.15, 0.2) is 0 Å². The maximum atomic E-state index is 2.89. The molecule has 7 aliphatic carbocycles. The minimum Gasteiger partial charge on any atom is -0.342 e. The minimum absolute atomic E-state index is 0.00727. The summed E-state index contributed by atoms with van der Waals surface area (Å²) >= 11 is 0. The molecule has 0 fully saturated rings. The molecule has 0 spiro atoms. The Morgan fingerprint density at radius 3 is 2.27 bits per heavy atom. The lowest BCUT2D eigenvalue weighted by Gasteiger charge is -2.56. The molecule has 1 aromatic rings. The molecule has 3 unspecified atom stereocenters. The van der Waals surface area contributed by atoms with Crippen LogP contribution in [0.3, 0.4) is 0 Å². The lowest BCUT2D eigenvalue weighted by Crippen LogP contribution is -2.59. The van der Waals surface area contributed by atoms with E-state index in [2.05, 4.69) is 156 Å². The summed E-state index contributed by atoms with van der Waals surface area (Å²) in [7, 11) is 0. The normalized spacial score (nSPS) is 26.9. The molecule has 0 amide bonds. The van der Waals surface area contributed by atoms with Crippen LogP contribution in [0, 0.1) is 11.3 Å². The van der Waals surface area contributed by atoms with Gasteiger partial charge in [0.2, 0.25) is 6.71 Å². The zero-order valence-corrected chi connectivity index (χ0v) is 33.0. The number of allylic oxidation sites excluding steroid dienone is 21. The monoisotopic (exact) mass is 721 g/mol. The predicted molar refractivity (Wildman–Crippen MR) is 232 cm³/mol. The molecule has 2 aliphatic heterocycles. The highest BCUT2D eigenvalue weighted by Gasteiger charge is 2.53. The molecule has 10 rings (SSSR count). The van der Waals surface area contributed by atoms with Gasteiger partial charge in [0.1, 0.15) is 0 Å². The number of nitrogens with zero attached hydrogens (tertiary/aromatic N) is 3. The second-order valence-corrected chi connectivity index (χ2v) is 17.5. The Hall–Kier alpha value is -4.70. The van der Waals surface area contributed by atoms with Crippen molar-refractivity contribution in [3.63, 3.8) is 0 Å². The Morgan fingerprint density at radius 1 is 0.764 bits per heavy atom. The van der Waals surface area contributed by atoms with Crippen molar-refractivity contribution >= 4 is 17.9 Å². The topological polar surface area (TPSA) is 9.72 Å². The van der Waals surface area contributed by atoms with Gasteiger partial charge in [-0.15, -0.1) is 0 Å². The third-order valence-corrected chi connectivity index (χ3v) is 13.9. The summed E-state index contributed by atoms with van der Waals surface area (Å²) in [4.78, 5) is 8.35. The summed E-state index contributed by atoms with van der Waals surface area (Å²) in [6, 6.07) is 10.1. The molecule has 0 radical (unpaired) electrons. The Labute approximate surface area is 330 Å². The summed E-state index contributed by atoms with van der Waals surface area (Å²) in [5.41, 5.74) is 16.2. The van der Waals surface area contributed by atoms with Gasteiger partial charge in [-0.05, 0) is 142 Å². The fourth-order valence-electron chi connectivity index (χ4n) is 11.1. The molecule has 0 aromatic heterocycles. The summed E-state index contributed by atoms with van der Waals surface area (Å²) in [6.07, 6.45) is 56.0. The molecule has 4 heteroatoms. The number of hydrogen-bond acceptors (Lipinski definition) is 3. The highest BCUT2D eigenvalue weighted by molar-refractivity contribution is 6.89. The molecule has 278 valence electrons. The second kappa shape index (κ2) is 14.4. The first kappa shape index (κ1) is 34.8. The lowest BCUT2D eigenvalue weighted by molar-refractivity contribution is 0.211. The zero-order chi connectivity index (χ0) is 36.9. The van der Waals surface area contributed by atoms with Crippen molar-refractivity contribution in [3.05, 3.63) is 178 Å². The van der Waals surface area contributed by atoms with Gasteiger partial charge in [-0.3, -0.25) is 0 Å². The quantitative estimate of drug-likeness (QED) is 0.260. The average molecular weight is 722 g/mol. The number of rotatable bonds is 7. The number of anilines is 1. The molecule has 0 saturated heterocycles. The van der Waals surface area contributed by atoms with E-state index >= 15 is 0 Å². The smallest absolute Gasteiger partial charge is 0.246 e. The van der Waals surface area contributed by atoms with Crippen LogP contribution in [0.4, 0.5) is 5.69 Å². The molecule has 3 nitrogen and oxygen atoms in total. The molecule has 3 atom stereocenters. The van der Waals surface area contributed by atoms with Gasteiger partial charge in [-0.25, -0.2) is 0 Å². The minimum atomic E-state index is -0.00727. The van der Waals surface area contributed by atoms with E-state index in [4.69, 9.17) is 0 Å². The Kier molecular flexibility index (Phi) is 9.12. The maximum Gasteiger partial charge on any atom is 0.246 e. The van der Waals surface area contributed by atoms with E-state index in [1.165, 1.54) is 45.2 Å². The summed E-state index contributed by atoms with van der Waals surface area (Å²) in [6.45, 7) is 5.31. The van der Waals surface area contributed by atoms with Crippen LogP contribution in [-0.2, 0) is 0 Å². The fraction of sp³-hybridized carbons (Fsp3) is 0.373. The van der Waals surface area contributed by atoms with Gasteiger partial charge in [-0.1, -0.05) is 117 Å². The Bertz CT molecular complexity index is 2170. The van der Waals surface area contributed by atoms with Crippen molar-refractivity contribution in [3.8, 4) is 0 Å². The van der Waals surface area contributed by atoms with E-state index in [0.717, 1.165) is 83.5 Å². The number of para-hydroxylation sites is 1. The molecular weight excluding hydrogens is 665 g/mol. The van der Waals surface area contributed by atoms with E-state index in [9.17, 15) is 0 Å². The van der Waals surface area contributed by atoms with Crippen LogP contribution in [-0.4, -0.2) is 28.6 Å². The third-order valence-electron chi connectivity index (χ3n) is 13.9. The highest BCUT2D eigenvalue weighted by atomic mass is 15.2. The molecule has 9 aliphatic rings. The third kappa shape index (κ3) is 6.03. The van der Waals surface area contributed by atoms with Gasteiger partial charge in [0.25, 0.3) is 0 Å². The van der Waals surface area contributed by atoms with Crippen molar-refractivity contribution in [2.45, 2.75) is 109 Å². The summed E-state index contributed by atoms with van der Waals surface area (Å²) < 4.78 is 0. The molecule has 0 saturated carbocycles. The molecule has 2 heterocycles. The predicted octanol–water partition coefficient (Wildman–Crippen LogP) is 11.8. The van der Waals surface area contributed by atoms with E-state index in [1.54, 1.807) is 16.6 Å². The van der Waals surface area contributed by atoms with Crippen molar-refractivity contribution < 1.29 is 0 Å².